The summed E-state index contributed by atoms with van der Waals surface area (Å²) in [5.41, 5.74) is -1.83. The molecule has 15 nitrogen and oxygen atoms in total. The van der Waals surface area contributed by atoms with Crippen LogP contribution in [0.1, 0.15) is 53.2 Å². The van der Waals surface area contributed by atoms with Gasteiger partial charge in [0.15, 0.2) is 24.5 Å². The first-order chi connectivity index (χ1) is 17.5. The van der Waals surface area contributed by atoms with Gasteiger partial charge in [-0.25, -0.2) is 14.2 Å². The van der Waals surface area contributed by atoms with E-state index in [4.69, 9.17) is 23.7 Å². The Bertz CT molecular complexity index is 1140. The topological polar surface area (TPSA) is 185 Å². The van der Waals surface area contributed by atoms with E-state index < -0.39 is 72.5 Å². The van der Waals surface area contributed by atoms with E-state index in [0.29, 0.717) is 13.1 Å². The number of nitrogens with zero attached hydrogens (tertiary/aromatic N) is 3. The zero-order valence-corrected chi connectivity index (χ0v) is 21.0. The van der Waals surface area contributed by atoms with Crippen molar-refractivity contribution in [3.63, 3.8) is 0 Å². The Kier molecular flexibility index (Phi) is 9.02. The molecule has 0 spiro atoms. The number of carbonyl (C=O) groups is 4. The predicted molar refractivity (Wildman–Crippen MR) is 122 cm³/mol. The third kappa shape index (κ3) is 6.93. The van der Waals surface area contributed by atoms with Gasteiger partial charge in [-0.15, -0.1) is 0 Å². The summed E-state index contributed by atoms with van der Waals surface area (Å²) >= 11 is 0. The smallest absolute Gasteiger partial charge is 0.352 e. The molecule has 2 aliphatic heterocycles. The Morgan fingerprint density at radius 2 is 1.43 bits per heavy atom. The molecule has 0 aromatic carbocycles. The molecule has 2 fully saturated rings. The van der Waals surface area contributed by atoms with Crippen molar-refractivity contribution < 1.29 is 42.9 Å². The summed E-state index contributed by atoms with van der Waals surface area (Å²) < 4.78 is 28.3. The lowest BCUT2D eigenvalue weighted by atomic mass is 9.97. The van der Waals surface area contributed by atoms with Crippen molar-refractivity contribution in [3.05, 3.63) is 21.0 Å². The normalized spacial score (nSPS) is 25.6. The van der Waals surface area contributed by atoms with Gasteiger partial charge >= 0.3 is 35.3 Å². The first kappa shape index (κ1) is 27.8. The van der Waals surface area contributed by atoms with Gasteiger partial charge in [0.05, 0.1) is 0 Å². The van der Waals surface area contributed by atoms with E-state index in [2.05, 4.69) is 9.97 Å². The highest BCUT2D eigenvalue weighted by atomic mass is 16.7. The maximum atomic E-state index is 13.1. The van der Waals surface area contributed by atoms with Crippen molar-refractivity contribution in [2.75, 3.05) is 24.6 Å². The van der Waals surface area contributed by atoms with Crippen LogP contribution in [0.5, 0.6) is 0 Å². The van der Waals surface area contributed by atoms with Gasteiger partial charge in [-0.2, -0.15) is 4.98 Å². The van der Waals surface area contributed by atoms with Gasteiger partial charge in [0.1, 0.15) is 12.7 Å². The third-order valence-electron chi connectivity index (χ3n) is 5.71. The average Bonchev–Trinajstić information content (AvgIpc) is 2.80. The molecule has 0 amide bonds. The fraction of sp³-hybridized carbons (Fsp3) is 0.682. The number of esters is 4. The van der Waals surface area contributed by atoms with Crippen LogP contribution in [0.15, 0.2) is 9.59 Å². The number of rotatable bonds is 7. The van der Waals surface area contributed by atoms with Gasteiger partial charge in [0.2, 0.25) is 5.95 Å². The molecule has 2 saturated heterocycles. The van der Waals surface area contributed by atoms with Crippen molar-refractivity contribution in [1.29, 1.82) is 0 Å². The summed E-state index contributed by atoms with van der Waals surface area (Å²) in [5.74, 6) is -3.13. The van der Waals surface area contributed by atoms with E-state index in [1.807, 2.05) is 0 Å². The zero-order chi connectivity index (χ0) is 27.3. The molecule has 2 aliphatic rings. The highest BCUT2D eigenvalue weighted by molar-refractivity contribution is 5.68. The predicted octanol–water partition coefficient (Wildman–Crippen LogP) is -0.822. The zero-order valence-electron chi connectivity index (χ0n) is 21.0. The number of piperidine rings is 1. The standard InChI is InChI=1S/C22H30N4O11/c1-11(27)33-10-15-16(34-12(2)28)17(35-13(3)29)18(36-14(4)30)19(37-15)26-21(23-20(31)24-22(26)32)25-8-6-5-7-9-25/h15-19H,5-10H2,1-4H3,(H,24,31,32)/t15-,16-,17+,18-,19-/m1/s1. The molecule has 1 aromatic heterocycles. The van der Waals surface area contributed by atoms with Crippen LogP contribution in [0.3, 0.4) is 0 Å². The first-order valence-electron chi connectivity index (χ1n) is 11.8. The molecule has 5 atom stereocenters. The number of ether oxygens (including phenoxy) is 5. The number of aromatic amines is 1. The number of carbonyl (C=O) groups excluding carboxylic acids is 4. The largest absolute Gasteiger partial charge is 0.463 e. The van der Waals surface area contributed by atoms with Crippen LogP contribution < -0.4 is 16.3 Å². The molecular formula is C22H30N4O11. The summed E-state index contributed by atoms with van der Waals surface area (Å²) in [6, 6.07) is 0. The monoisotopic (exact) mass is 526 g/mol. The molecule has 15 heteroatoms. The minimum absolute atomic E-state index is 0.0469. The molecule has 3 rings (SSSR count). The average molecular weight is 526 g/mol. The molecular weight excluding hydrogens is 496 g/mol. The molecule has 0 bridgehead atoms. The van der Waals surface area contributed by atoms with Crippen LogP contribution in [0.2, 0.25) is 0 Å². The fourth-order valence-corrected chi connectivity index (χ4v) is 4.37. The van der Waals surface area contributed by atoms with Gasteiger partial charge in [-0.1, -0.05) is 0 Å². The lowest BCUT2D eigenvalue weighted by Crippen LogP contribution is -2.62. The molecule has 0 aliphatic carbocycles. The molecule has 0 saturated carbocycles. The van der Waals surface area contributed by atoms with Crippen LogP contribution in [0.25, 0.3) is 0 Å². The second kappa shape index (κ2) is 12.0. The summed E-state index contributed by atoms with van der Waals surface area (Å²) in [4.78, 5) is 80.7. The molecule has 1 N–H and O–H groups in total. The summed E-state index contributed by atoms with van der Waals surface area (Å²) in [6.45, 7) is 4.95. The minimum atomic E-state index is -1.52. The van der Waals surface area contributed by atoms with E-state index in [-0.39, 0.29) is 5.95 Å². The number of aromatic nitrogens is 3. The van der Waals surface area contributed by atoms with Gasteiger partial charge in [0.25, 0.3) is 0 Å². The number of nitrogens with one attached hydrogen (secondary N) is 1. The van der Waals surface area contributed by atoms with Gasteiger partial charge in [0, 0.05) is 40.8 Å². The Morgan fingerprint density at radius 1 is 0.865 bits per heavy atom. The van der Waals surface area contributed by atoms with Crippen molar-refractivity contribution in [2.45, 2.75) is 77.6 Å². The highest BCUT2D eigenvalue weighted by Crippen LogP contribution is 2.35. The van der Waals surface area contributed by atoms with E-state index in [0.717, 1.165) is 51.5 Å². The third-order valence-corrected chi connectivity index (χ3v) is 5.71. The van der Waals surface area contributed by atoms with E-state index in [1.54, 1.807) is 4.90 Å². The molecule has 1 aromatic rings. The molecule has 0 unspecified atom stereocenters. The summed E-state index contributed by atoms with van der Waals surface area (Å²) in [6.07, 6.45) is -4.65. The second-order valence-electron chi connectivity index (χ2n) is 8.65. The van der Waals surface area contributed by atoms with E-state index >= 15 is 0 Å². The van der Waals surface area contributed by atoms with E-state index in [9.17, 15) is 28.8 Å². The van der Waals surface area contributed by atoms with Crippen LogP contribution in [0, 0.1) is 0 Å². The molecule has 3 heterocycles. The van der Waals surface area contributed by atoms with Crippen molar-refractivity contribution >= 4 is 29.8 Å². The number of anilines is 1. The van der Waals surface area contributed by atoms with Crippen LogP contribution in [-0.2, 0) is 42.9 Å². The Hall–Kier alpha value is -3.75. The Morgan fingerprint density at radius 3 is 2.00 bits per heavy atom. The van der Waals surface area contributed by atoms with Crippen LogP contribution in [-0.4, -0.2) is 82.5 Å². The fourth-order valence-electron chi connectivity index (χ4n) is 4.37. The maximum absolute atomic E-state index is 13.1. The summed E-state index contributed by atoms with van der Waals surface area (Å²) in [7, 11) is 0. The Balaban J connectivity index is 2.20. The summed E-state index contributed by atoms with van der Waals surface area (Å²) in [5, 5.41) is 0. The van der Waals surface area contributed by atoms with Crippen molar-refractivity contribution in [3.8, 4) is 0 Å². The minimum Gasteiger partial charge on any atom is -0.463 e. The van der Waals surface area contributed by atoms with E-state index in [1.165, 1.54) is 0 Å². The quantitative estimate of drug-likeness (QED) is 0.343. The number of hydrogen-bond acceptors (Lipinski definition) is 13. The number of hydrogen-bond donors (Lipinski definition) is 1. The second-order valence-corrected chi connectivity index (χ2v) is 8.65. The lowest BCUT2D eigenvalue weighted by Gasteiger charge is -2.45. The van der Waals surface area contributed by atoms with Crippen molar-refractivity contribution in [2.24, 2.45) is 0 Å². The molecule has 37 heavy (non-hydrogen) atoms. The van der Waals surface area contributed by atoms with Crippen LogP contribution in [0.4, 0.5) is 5.95 Å². The maximum Gasteiger partial charge on any atom is 0.352 e. The molecule has 204 valence electrons. The number of H-pyrrole nitrogens is 1. The molecule has 0 radical (unpaired) electrons. The first-order valence-corrected chi connectivity index (χ1v) is 11.8. The lowest BCUT2D eigenvalue weighted by molar-refractivity contribution is -0.269. The van der Waals surface area contributed by atoms with Gasteiger partial charge in [-0.3, -0.25) is 24.2 Å². The van der Waals surface area contributed by atoms with Gasteiger partial charge < -0.3 is 28.6 Å². The van der Waals surface area contributed by atoms with Crippen LogP contribution >= 0.6 is 0 Å². The van der Waals surface area contributed by atoms with Crippen molar-refractivity contribution in [1.82, 2.24) is 14.5 Å². The van der Waals surface area contributed by atoms with Gasteiger partial charge in [-0.05, 0) is 19.3 Å². The SMILES string of the molecule is CC(=O)OC[C@H]1O[C@@H](n2c(N3CCCCC3)nc(=O)[nH]c2=O)[C@H](OC(C)=O)[C@@H](OC(C)=O)[C@@H]1OC(C)=O. The highest BCUT2D eigenvalue weighted by Gasteiger charge is 2.53. The Labute approximate surface area is 211 Å².